The van der Waals surface area contributed by atoms with Crippen molar-refractivity contribution in [1.29, 1.82) is 0 Å². The van der Waals surface area contributed by atoms with Gasteiger partial charge in [0.1, 0.15) is 6.10 Å². The predicted octanol–water partition coefficient (Wildman–Crippen LogP) is -1.13. The molecule has 0 aliphatic heterocycles. The smallest absolute Gasteiger partial charge is 0.306 e. The molecule has 6 heteroatoms. The third-order valence-electron chi connectivity index (χ3n) is 1.08. The van der Waals surface area contributed by atoms with Crippen LogP contribution >= 0.6 is 12.6 Å². The molecule has 0 bridgehead atoms. The Morgan fingerprint density at radius 2 is 2.08 bits per heavy atom. The van der Waals surface area contributed by atoms with Crippen LogP contribution in [-0.2, 0) is 9.59 Å². The van der Waals surface area contributed by atoms with Gasteiger partial charge in [0.15, 0.2) is 0 Å². The number of rotatable bonds is 5. The minimum atomic E-state index is -1.47. The zero-order valence-corrected chi connectivity index (χ0v) is 7.25. The molecular formula is C6H11NO4S. The summed E-state index contributed by atoms with van der Waals surface area (Å²) in [6.07, 6.45) is -2.04. The molecule has 0 rings (SSSR count). The van der Waals surface area contributed by atoms with Crippen LogP contribution in [0.4, 0.5) is 0 Å². The molecule has 0 aliphatic carbocycles. The van der Waals surface area contributed by atoms with E-state index in [2.05, 4.69) is 17.9 Å². The minimum Gasteiger partial charge on any atom is -0.481 e. The molecule has 0 spiro atoms. The highest BCUT2D eigenvalue weighted by molar-refractivity contribution is 7.80. The SMILES string of the molecule is O=C(O)C[C@H](O)C(=O)NCCS. The Hall–Kier alpha value is -0.750. The van der Waals surface area contributed by atoms with Crippen LogP contribution in [0.3, 0.4) is 0 Å². The summed E-state index contributed by atoms with van der Waals surface area (Å²) in [6.45, 7) is 0.318. The molecule has 0 heterocycles. The Morgan fingerprint density at radius 3 is 2.50 bits per heavy atom. The van der Waals surface area contributed by atoms with Crippen LogP contribution < -0.4 is 5.32 Å². The Labute approximate surface area is 75.2 Å². The second kappa shape index (κ2) is 5.84. The molecule has 0 aliphatic rings. The Kier molecular flexibility index (Phi) is 5.48. The fraction of sp³-hybridized carbons (Fsp3) is 0.667. The third kappa shape index (κ3) is 4.97. The van der Waals surface area contributed by atoms with Gasteiger partial charge in [0.25, 0.3) is 0 Å². The first-order valence-electron chi connectivity index (χ1n) is 3.36. The molecule has 0 aromatic heterocycles. The van der Waals surface area contributed by atoms with Crippen molar-refractivity contribution in [2.45, 2.75) is 12.5 Å². The number of aliphatic hydroxyl groups is 1. The van der Waals surface area contributed by atoms with E-state index >= 15 is 0 Å². The number of hydrogen-bond donors (Lipinski definition) is 4. The van der Waals surface area contributed by atoms with Crippen molar-refractivity contribution in [3.8, 4) is 0 Å². The molecule has 0 fully saturated rings. The molecule has 70 valence electrons. The highest BCUT2D eigenvalue weighted by atomic mass is 32.1. The minimum absolute atomic E-state index is 0.318. The van der Waals surface area contributed by atoms with Gasteiger partial charge in [-0.1, -0.05) is 0 Å². The summed E-state index contributed by atoms with van der Waals surface area (Å²) in [6, 6.07) is 0. The molecule has 3 N–H and O–H groups in total. The molecule has 1 amide bonds. The molecule has 0 radical (unpaired) electrons. The van der Waals surface area contributed by atoms with E-state index in [1.165, 1.54) is 0 Å². The molecule has 0 saturated heterocycles. The van der Waals surface area contributed by atoms with E-state index in [9.17, 15) is 9.59 Å². The van der Waals surface area contributed by atoms with Crippen LogP contribution in [0.15, 0.2) is 0 Å². The summed E-state index contributed by atoms with van der Waals surface area (Å²) < 4.78 is 0. The number of aliphatic carboxylic acids is 1. The van der Waals surface area contributed by atoms with Crippen LogP contribution in [-0.4, -0.2) is 40.5 Å². The van der Waals surface area contributed by atoms with E-state index in [-0.39, 0.29) is 0 Å². The van der Waals surface area contributed by atoms with Crippen molar-refractivity contribution in [2.75, 3.05) is 12.3 Å². The van der Waals surface area contributed by atoms with Gasteiger partial charge in [-0.15, -0.1) is 0 Å². The molecule has 1 atom stereocenters. The summed E-state index contributed by atoms with van der Waals surface area (Å²) in [5, 5.41) is 19.4. The highest BCUT2D eigenvalue weighted by Gasteiger charge is 2.17. The molecule has 12 heavy (non-hydrogen) atoms. The third-order valence-corrected chi connectivity index (χ3v) is 1.31. The first kappa shape index (κ1) is 11.2. The van der Waals surface area contributed by atoms with Gasteiger partial charge in [0, 0.05) is 12.3 Å². The van der Waals surface area contributed by atoms with Gasteiger partial charge in [-0.05, 0) is 0 Å². The van der Waals surface area contributed by atoms with Crippen molar-refractivity contribution in [1.82, 2.24) is 5.32 Å². The van der Waals surface area contributed by atoms with E-state index in [0.29, 0.717) is 12.3 Å². The van der Waals surface area contributed by atoms with Crippen molar-refractivity contribution in [3.05, 3.63) is 0 Å². The second-order valence-electron chi connectivity index (χ2n) is 2.13. The maximum atomic E-state index is 10.8. The highest BCUT2D eigenvalue weighted by Crippen LogP contribution is 1.90. The Morgan fingerprint density at radius 1 is 1.50 bits per heavy atom. The fourth-order valence-corrected chi connectivity index (χ4v) is 0.667. The largest absolute Gasteiger partial charge is 0.481 e. The maximum absolute atomic E-state index is 10.8. The Balaban J connectivity index is 3.69. The first-order valence-corrected chi connectivity index (χ1v) is 3.99. The summed E-state index contributed by atoms with van der Waals surface area (Å²) in [5.74, 6) is -1.43. The van der Waals surface area contributed by atoms with Crippen molar-refractivity contribution < 1.29 is 19.8 Å². The van der Waals surface area contributed by atoms with Gasteiger partial charge in [0.2, 0.25) is 5.91 Å². The average Bonchev–Trinajstić information content (AvgIpc) is 1.98. The topological polar surface area (TPSA) is 86.6 Å². The van der Waals surface area contributed by atoms with E-state index in [4.69, 9.17) is 10.2 Å². The second-order valence-corrected chi connectivity index (χ2v) is 2.58. The molecule has 5 nitrogen and oxygen atoms in total. The number of nitrogens with one attached hydrogen (secondary N) is 1. The lowest BCUT2D eigenvalue weighted by molar-refractivity contribution is -0.143. The summed E-state index contributed by atoms with van der Waals surface area (Å²) >= 11 is 3.82. The lowest BCUT2D eigenvalue weighted by Crippen LogP contribution is -2.36. The zero-order chi connectivity index (χ0) is 9.56. The monoisotopic (exact) mass is 193 g/mol. The van der Waals surface area contributed by atoms with E-state index in [1.807, 2.05) is 0 Å². The number of carboxylic acids is 1. The van der Waals surface area contributed by atoms with Crippen LogP contribution in [0.25, 0.3) is 0 Å². The number of carbonyl (C=O) groups is 2. The Bertz CT molecular complexity index is 173. The predicted molar refractivity (Wildman–Crippen MR) is 45.1 cm³/mol. The number of carbonyl (C=O) groups excluding carboxylic acids is 1. The molecule has 0 saturated carbocycles. The van der Waals surface area contributed by atoms with Gasteiger partial charge in [-0.2, -0.15) is 12.6 Å². The number of amides is 1. The number of aliphatic hydroxyl groups excluding tert-OH is 1. The van der Waals surface area contributed by atoms with Crippen LogP contribution in [0.5, 0.6) is 0 Å². The van der Waals surface area contributed by atoms with Crippen LogP contribution in [0, 0.1) is 0 Å². The van der Waals surface area contributed by atoms with Gasteiger partial charge in [-0.3, -0.25) is 9.59 Å². The maximum Gasteiger partial charge on any atom is 0.306 e. The fourth-order valence-electron chi connectivity index (χ4n) is 0.555. The van der Waals surface area contributed by atoms with Crippen molar-refractivity contribution >= 4 is 24.5 Å². The first-order chi connectivity index (χ1) is 5.57. The quantitative estimate of drug-likeness (QED) is 0.416. The summed E-state index contributed by atoms with van der Waals surface area (Å²) in [5.41, 5.74) is 0. The van der Waals surface area contributed by atoms with E-state index in [0.717, 1.165) is 0 Å². The van der Waals surface area contributed by atoms with Gasteiger partial charge in [-0.25, -0.2) is 0 Å². The van der Waals surface area contributed by atoms with E-state index < -0.39 is 24.4 Å². The van der Waals surface area contributed by atoms with Crippen molar-refractivity contribution in [3.63, 3.8) is 0 Å². The van der Waals surface area contributed by atoms with E-state index in [1.54, 1.807) is 0 Å². The van der Waals surface area contributed by atoms with Crippen molar-refractivity contribution in [2.24, 2.45) is 0 Å². The molecule has 0 aromatic carbocycles. The molecular weight excluding hydrogens is 182 g/mol. The van der Waals surface area contributed by atoms with Crippen LogP contribution in [0.2, 0.25) is 0 Å². The van der Waals surface area contributed by atoms with Gasteiger partial charge >= 0.3 is 5.97 Å². The van der Waals surface area contributed by atoms with Crippen LogP contribution in [0.1, 0.15) is 6.42 Å². The molecule has 0 unspecified atom stereocenters. The average molecular weight is 193 g/mol. The lowest BCUT2D eigenvalue weighted by atomic mass is 10.2. The molecule has 0 aromatic rings. The summed E-state index contributed by atoms with van der Waals surface area (Å²) in [4.78, 5) is 20.8. The standard InChI is InChI=1S/C6H11NO4S/c8-4(3-5(9)10)6(11)7-1-2-12/h4,8,12H,1-3H2,(H,7,11)(H,9,10)/t4-/m0/s1. The van der Waals surface area contributed by atoms with Gasteiger partial charge in [0.05, 0.1) is 6.42 Å². The van der Waals surface area contributed by atoms with Gasteiger partial charge < -0.3 is 15.5 Å². The summed E-state index contributed by atoms with van der Waals surface area (Å²) in [7, 11) is 0. The normalized spacial score (nSPS) is 12.2. The zero-order valence-electron chi connectivity index (χ0n) is 6.36. The number of thiol groups is 1. The number of hydrogen-bond acceptors (Lipinski definition) is 4. The number of carboxylic acid groups (broad SMARTS) is 1. The lowest BCUT2D eigenvalue weighted by Gasteiger charge is -2.07.